The van der Waals surface area contributed by atoms with E-state index in [4.69, 9.17) is 4.42 Å². The Bertz CT molecular complexity index is 1520. The second-order valence-corrected chi connectivity index (χ2v) is 10.3. The summed E-state index contributed by atoms with van der Waals surface area (Å²) in [6.07, 6.45) is 3.38. The Hall–Kier alpha value is -3.76. The Morgan fingerprint density at radius 2 is 1.77 bits per heavy atom. The van der Waals surface area contributed by atoms with Gasteiger partial charge in [-0.1, -0.05) is 30.3 Å². The molecule has 0 spiro atoms. The predicted molar refractivity (Wildman–Crippen MR) is 131 cm³/mol. The van der Waals surface area contributed by atoms with Crippen LogP contribution >= 0.6 is 0 Å². The first-order valence-corrected chi connectivity index (χ1v) is 12.8. The van der Waals surface area contributed by atoms with E-state index in [0.717, 1.165) is 24.0 Å². The molecular formula is C25H24N4O5S. The van der Waals surface area contributed by atoms with Gasteiger partial charge in [-0.15, -0.1) is 0 Å². The van der Waals surface area contributed by atoms with Crippen molar-refractivity contribution in [2.24, 2.45) is 0 Å². The van der Waals surface area contributed by atoms with Crippen molar-refractivity contribution in [3.05, 3.63) is 77.4 Å². The van der Waals surface area contributed by atoms with Gasteiger partial charge in [-0.05, 0) is 42.7 Å². The van der Waals surface area contributed by atoms with Crippen LogP contribution in [0.1, 0.15) is 19.3 Å². The van der Waals surface area contributed by atoms with E-state index in [9.17, 15) is 18.0 Å². The van der Waals surface area contributed by atoms with Gasteiger partial charge < -0.3 is 9.73 Å². The number of benzene rings is 2. The molecule has 0 atom stereocenters. The topological polar surface area (TPSA) is 115 Å². The Morgan fingerprint density at radius 3 is 2.49 bits per heavy atom. The number of nitrogens with one attached hydrogen (secondary N) is 1. The third-order valence-electron chi connectivity index (χ3n) is 6.04. The van der Waals surface area contributed by atoms with Crippen molar-refractivity contribution in [3.63, 3.8) is 0 Å². The normalized spacial score (nSPS) is 14.4. The van der Waals surface area contributed by atoms with Gasteiger partial charge in [0.25, 0.3) is 0 Å². The van der Waals surface area contributed by atoms with Crippen molar-refractivity contribution in [2.75, 3.05) is 18.4 Å². The van der Waals surface area contributed by atoms with E-state index in [0.29, 0.717) is 24.4 Å². The summed E-state index contributed by atoms with van der Waals surface area (Å²) in [5, 5.41) is 2.73. The third kappa shape index (κ3) is 4.75. The average molecular weight is 493 g/mol. The fourth-order valence-electron chi connectivity index (χ4n) is 4.18. The van der Waals surface area contributed by atoms with E-state index in [1.807, 2.05) is 36.4 Å². The number of nitrogens with zero attached hydrogens (tertiary/aromatic N) is 3. The van der Waals surface area contributed by atoms with Gasteiger partial charge in [0, 0.05) is 43.9 Å². The minimum atomic E-state index is -3.62. The molecule has 0 saturated carbocycles. The van der Waals surface area contributed by atoms with Crippen molar-refractivity contribution in [1.29, 1.82) is 0 Å². The number of oxazole rings is 1. The number of aryl methyl sites for hydroxylation is 1. The molecule has 0 aliphatic carbocycles. The SMILES string of the molecule is O=C(CCn1c(=O)oc2cc(S(=O)(=O)N3CCCC3)ccc21)Nc1ccc(-c2ccccc2)cn1. The summed E-state index contributed by atoms with van der Waals surface area (Å²) in [5.74, 6) is -0.538. The molecule has 0 bridgehead atoms. The van der Waals surface area contributed by atoms with Crippen LogP contribution in [0.25, 0.3) is 22.2 Å². The fraction of sp³-hybridized carbons (Fsp3) is 0.240. The number of aromatic nitrogens is 2. The molecule has 1 saturated heterocycles. The number of rotatable bonds is 7. The van der Waals surface area contributed by atoms with Crippen LogP contribution in [0.3, 0.4) is 0 Å². The molecule has 2 aromatic heterocycles. The highest BCUT2D eigenvalue weighted by Gasteiger charge is 2.28. The van der Waals surface area contributed by atoms with Gasteiger partial charge in [-0.2, -0.15) is 4.31 Å². The van der Waals surface area contributed by atoms with Crippen LogP contribution in [0, 0.1) is 0 Å². The summed E-state index contributed by atoms with van der Waals surface area (Å²) in [7, 11) is -3.62. The first-order valence-electron chi connectivity index (χ1n) is 11.4. The molecule has 5 rings (SSSR count). The number of hydrogen-bond acceptors (Lipinski definition) is 6. The standard InChI is InChI=1S/C25H24N4O5S/c30-24(27-23-11-8-19(17-26-23)18-6-2-1-3-7-18)12-15-29-21-10-9-20(16-22(21)34-25(29)31)35(32,33)28-13-4-5-14-28/h1-3,6-11,16-17H,4-5,12-15H2,(H,26,27,30). The van der Waals surface area contributed by atoms with E-state index in [1.54, 1.807) is 18.3 Å². The molecule has 9 nitrogen and oxygen atoms in total. The summed E-state index contributed by atoms with van der Waals surface area (Å²) < 4.78 is 33.6. The van der Waals surface area contributed by atoms with E-state index >= 15 is 0 Å². The monoisotopic (exact) mass is 492 g/mol. The Morgan fingerprint density at radius 1 is 1.00 bits per heavy atom. The average Bonchev–Trinajstić information content (AvgIpc) is 3.52. The molecule has 0 unspecified atom stereocenters. The molecule has 35 heavy (non-hydrogen) atoms. The number of sulfonamides is 1. The molecule has 1 aliphatic heterocycles. The van der Waals surface area contributed by atoms with Gasteiger partial charge >= 0.3 is 5.76 Å². The highest BCUT2D eigenvalue weighted by Crippen LogP contribution is 2.24. The lowest BCUT2D eigenvalue weighted by Crippen LogP contribution is -2.27. The van der Waals surface area contributed by atoms with Gasteiger partial charge in [0.1, 0.15) is 5.82 Å². The largest absolute Gasteiger partial charge is 0.419 e. The van der Waals surface area contributed by atoms with Crippen LogP contribution in [0.4, 0.5) is 5.82 Å². The maximum Gasteiger partial charge on any atom is 0.419 e. The minimum Gasteiger partial charge on any atom is -0.408 e. The Labute approximate surface area is 202 Å². The van der Waals surface area contributed by atoms with Gasteiger partial charge in [0.15, 0.2) is 5.58 Å². The molecule has 1 amide bonds. The number of fused-ring (bicyclic) bond motifs is 1. The van der Waals surface area contributed by atoms with E-state index in [1.165, 1.54) is 21.0 Å². The number of hydrogen-bond donors (Lipinski definition) is 1. The lowest BCUT2D eigenvalue weighted by molar-refractivity contribution is -0.116. The predicted octanol–water partition coefficient (Wildman–Crippen LogP) is 3.47. The molecule has 3 heterocycles. The summed E-state index contributed by atoms with van der Waals surface area (Å²) in [6, 6.07) is 17.8. The van der Waals surface area contributed by atoms with Crippen molar-refractivity contribution in [2.45, 2.75) is 30.7 Å². The molecule has 180 valence electrons. The van der Waals surface area contributed by atoms with Crippen molar-refractivity contribution in [1.82, 2.24) is 13.9 Å². The smallest absolute Gasteiger partial charge is 0.408 e. The van der Waals surface area contributed by atoms with Crippen LogP contribution < -0.4 is 11.1 Å². The molecule has 2 aromatic carbocycles. The molecular weight excluding hydrogens is 468 g/mol. The van der Waals surface area contributed by atoms with E-state index in [-0.39, 0.29) is 29.4 Å². The van der Waals surface area contributed by atoms with E-state index in [2.05, 4.69) is 10.3 Å². The Kier molecular flexibility index (Phi) is 6.23. The lowest BCUT2D eigenvalue weighted by atomic mass is 10.1. The van der Waals surface area contributed by atoms with Crippen molar-refractivity contribution in [3.8, 4) is 11.1 Å². The maximum absolute atomic E-state index is 12.8. The van der Waals surface area contributed by atoms with Crippen LogP contribution in [0.5, 0.6) is 0 Å². The molecule has 1 N–H and O–H groups in total. The number of carbonyl (C=O) groups excluding carboxylic acids is 1. The second-order valence-electron chi connectivity index (χ2n) is 8.36. The minimum absolute atomic E-state index is 0.0183. The van der Waals surface area contributed by atoms with Crippen molar-refractivity contribution < 1.29 is 17.6 Å². The zero-order chi connectivity index (χ0) is 24.4. The quantitative estimate of drug-likeness (QED) is 0.423. The van der Waals surface area contributed by atoms with Crippen molar-refractivity contribution >= 4 is 32.8 Å². The van der Waals surface area contributed by atoms with Crippen LogP contribution in [-0.2, 0) is 21.4 Å². The van der Waals surface area contributed by atoms with Gasteiger partial charge in [0.05, 0.1) is 10.4 Å². The number of amides is 1. The number of pyridine rings is 1. The molecule has 4 aromatic rings. The molecule has 1 aliphatic rings. The second kappa shape index (κ2) is 9.47. The van der Waals surface area contributed by atoms with Crippen LogP contribution in [0.2, 0.25) is 0 Å². The third-order valence-corrected chi connectivity index (χ3v) is 7.94. The van der Waals surface area contributed by atoms with Crippen LogP contribution in [-0.4, -0.2) is 41.3 Å². The summed E-state index contributed by atoms with van der Waals surface area (Å²) in [5.41, 5.74) is 2.58. The zero-order valence-electron chi connectivity index (χ0n) is 18.9. The molecule has 1 fully saturated rings. The first-order chi connectivity index (χ1) is 16.9. The van der Waals surface area contributed by atoms with E-state index < -0.39 is 15.8 Å². The summed E-state index contributed by atoms with van der Waals surface area (Å²) >= 11 is 0. The number of carbonyl (C=O) groups is 1. The fourth-order valence-corrected chi connectivity index (χ4v) is 5.72. The lowest BCUT2D eigenvalue weighted by Gasteiger charge is -2.15. The van der Waals surface area contributed by atoms with Gasteiger partial charge in [-0.25, -0.2) is 18.2 Å². The van der Waals surface area contributed by atoms with Gasteiger partial charge in [0.2, 0.25) is 15.9 Å². The van der Waals surface area contributed by atoms with Crippen LogP contribution in [0.15, 0.2) is 81.0 Å². The summed E-state index contributed by atoms with van der Waals surface area (Å²) in [4.78, 5) is 29.2. The highest BCUT2D eigenvalue weighted by molar-refractivity contribution is 7.89. The highest BCUT2D eigenvalue weighted by atomic mass is 32.2. The zero-order valence-corrected chi connectivity index (χ0v) is 19.7. The van der Waals surface area contributed by atoms with Gasteiger partial charge in [-0.3, -0.25) is 9.36 Å². The first kappa shape index (κ1) is 23.0. The molecule has 0 radical (unpaired) electrons. The Balaban J connectivity index is 1.26. The number of anilines is 1. The maximum atomic E-state index is 12.8. The molecule has 10 heteroatoms. The summed E-state index contributed by atoms with van der Waals surface area (Å²) in [6.45, 7) is 1.06.